The fourth-order valence-corrected chi connectivity index (χ4v) is 1.74. The number of halogens is 2. The third-order valence-corrected chi connectivity index (χ3v) is 2.70. The Balaban J connectivity index is 0. The molecule has 0 aliphatic carbocycles. The predicted molar refractivity (Wildman–Crippen MR) is 72.7 cm³/mol. The van der Waals surface area contributed by atoms with E-state index >= 15 is 0 Å². The third-order valence-electron chi connectivity index (χ3n) is 1.82. The van der Waals surface area contributed by atoms with E-state index in [9.17, 15) is 4.79 Å². The molecule has 1 aromatic heterocycles. The number of hydrogen-bond donors (Lipinski definition) is 2. The number of carbonyl (C=O) groups is 1. The molecule has 0 unspecified atom stereocenters. The van der Waals surface area contributed by atoms with Crippen LogP contribution in [0.4, 0.5) is 0 Å². The van der Waals surface area contributed by atoms with E-state index in [1.165, 1.54) is 18.4 Å². The molecule has 0 atom stereocenters. The summed E-state index contributed by atoms with van der Waals surface area (Å²) in [5, 5.41) is 1.76. The fraction of sp³-hybridized carbons (Fsp3) is 0.444. The molecular weight excluding hydrogens is 287 g/mol. The summed E-state index contributed by atoms with van der Waals surface area (Å²) in [6.07, 6.45) is -0.275. The Morgan fingerprint density at radius 2 is 2.00 bits per heavy atom. The van der Waals surface area contributed by atoms with Gasteiger partial charge in [0, 0.05) is 13.1 Å². The van der Waals surface area contributed by atoms with Gasteiger partial charge in [-0.2, -0.15) is 0 Å². The number of hydrogen-bond acceptors (Lipinski definition) is 6. The van der Waals surface area contributed by atoms with Gasteiger partial charge in [-0.3, -0.25) is 0 Å². The highest BCUT2D eigenvalue weighted by Crippen LogP contribution is 2.26. The molecule has 1 heterocycles. The molecule has 0 fully saturated rings. The molecule has 5 nitrogen and oxygen atoms in total. The van der Waals surface area contributed by atoms with Gasteiger partial charge in [0.1, 0.15) is 11.9 Å². The van der Waals surface area contributed by atoms with E-state index < -0.39 is 5.97 Å². The molecular formula is C9H16Cl2N2O3S. The lowest BCUT2D eigenvalue weighted by Crippen LogP contribution is -2.34. The van der Waals surface area contributed by atoms with E-state index in [2.05, 4.69) is 4.74 Å². The molecule has 0 saturated carbocycles. The second kappa shape index (κ2) is 9.49. The molecule has 0 aliphatic heterocycles. The van der Waals surface area contributed by atoms with Gasteiger partial charge in [-0.1, -0.05) is 0 Å². The molecule has 0 aromatic carbocycles. The number of thiophene rings is 1. The van der Waals surface area contributed by atoms with E-state index in [-0.39, 0.29) is 30.9 Å². The lowest BCUT2D eigenvalue weighted by atomic mass is 10.3. The first-order chi connectivity index (χ1) is 7.22. The number of ether oxygens (including phenoxy) is 2. The maximum absolute atomic E-state index is 11.3. The maximum atomic E-state index is 11.3. The number of carbonyl (C=O) groups excluding carboxylic acids is 1. The summed E-state index contributed by atoms with van der Waals surface area (Å²) in [5.74, 6) is 0.0699. The molecule has 0 amide bonds. The standard InChI is InChI=1S/C9H14N2O3S.2ClH/c1-13-9(12)8-7(2-3-15-8)14-6(4-10)5-11;;/h2-3,6H,4-5,10-11H2,1H3;2*1H. The molecule has 100 valence electrons. The Morgan fingerprint density at radius 1 is 1.41 bits per heavy atom. The minimum Gasteiger partial charge on any atom is -0.486 e. The van der Waals surface area contributed by atoms with Crippen LogP contribution in [0.1, 0.15) is 9.67 Å². The molecule has 8 heteroatoms. The van der Waals surface area contributed by atoms with Gasteiger partial charge in [0.25, 0.3) is 0 Å². The maximum Gasteiger partial charge on any atom is 0.351 e. The fourth-order valence-electron chi connectivity index (χ4n) is 1.00. The zero-order valence-electron chi connectivity index (χ0n) is 9.25. The van der Waals surface area contributed by atoms with Crippen molar-refractivity contribution in [3.8, 4) is 5.75 Å². The summed E-state index contributed by atoms with van der Waals surface area (Å²) >= 11 is 1.26. The Labute approximate surface area is 116 Å². The third kappa shape index (κ3) is 5.10. The number of nitrogens with two attached hydrogens (primary N) is 2. The van der Waals surface area contributed by atoms with Crippen molar-refractivity contribution in [2.45, 2.75) is 6.10 Å². The van der Waals surface area contributed by atoms with Gasteiger partial charge in [-0.25, -0.2) is 4.79 Å². The molecule has 0 bridgehead atoms. The van der Waals surface area contributed by atoms with Crippen LogP contribution in [0.5, 0.6) is 5.75 Å². The average molecular weight is 303 g/mol. The van der Waals surface area contributed by atoms with Crippen LogP contribution in [0.15, 0.2) is 11.4 Å². The lowest BCUT2D eigenvalue weighted by molar-refractivity contribution is 0.0600. The number of methoxy groups -OCH3 is 1. The van der Waals surface area contributed by atoms with Crippen LogP contribution in [0, 0.1) is 0 Å². The Kier molecular flexibility index (Phi) is 10.5. The van der Waals surface area contributed by atoms with Crippen molar-refractivity contribution < 1.29 is 14.3 Å². The van der Waals surface area contributed by atoms with Crippen LogP contribution in [-0.2, 0) is 4.74 Å². The predicted octanol–water partition coefficient (Wildman–Crippen LogP) is 1.04. The Morgan fingerprint density at radius 3 is 2.47 bits per heavy atom. The highest BCUT2D eigenvalue weighted by atomic mass is 35.5. The van der Waals surface area contributed by atoms with Gasteiger partial charge < -0.3 is 20.9 Å². The SMILES string of the molecule is COC(=O)c1sccc1OC(CN)CN.Cl.Cl. The zero-order valence-corrected chi connectivity index (χ0v) is 11.7. The average Bonchev–Trinajstić information content (AvgIpc) is 2.72. The van der Waals surface area contributed by atoms with Crippen molar-refractivity contribution in [3.05, 3.63) is 16.3 Å². The second-order valence-electron chi connectivity index (χ2n) is 2.82. The smallest absolute Gasteiger partial charge is 0.351 e. The molecule has 4 N–H and O–H groups in total. The van der Waals surface area contributed by atoms with Crippen molar-refractivity contribution in [1.29, 1.82) is 0 Å². The van der Waals surface area contributed by atoms with Crippen molar-refractivity contribution in [2.75, 3.05) is 20.2 Å². The van der Waals surface area contributed by atoms with Gasteiger partial charge >= 0.3 is 5.97 Å². The van der Waals surface area contributed by atoms with Crippen LogP contribution in [0.25, 0.3) is 0 Å². The number of rotatable bonds is 5. The van der Waals surface area contributed by atoms with E-state index in [1.54, 1.807) is 11.4 Å². The van der Waals surface area contributed by atoms with Crippen LogP contribution < -0.4 is 16.2 Å². The summed E-state index contributed by atoms with van der Waals surface area (Å²) in [4.78, 5) is 11.7. The second-order valence-corrected chi connectivity index (χ2v) is 3.73. The quantitative estimate of drug-likeness (QED) is 0.794. The Bertz CT molecular complexity index is 332. The monoisotopic (exact) mass is 302 g/mol. The highest BCUT2D eigenvalue weighted by Gasteiger charge is 2.17. The van der Waals surface area contributed by atoms with Crippen LogP contribution >= 0.6 is 36.2 Å². The van der Waals surface area contributed by atoms with Crippen LogP contribution in [0.2, 0.25) is 0 Å². The van der Waals surface area contributed by atoms with E-state index in [0.717, 1.165) is 0 Å². The van der Waals surface area contributed by atoms with Crippen LogP contribution in [0.3, 0.4) is 0 Å². The zero-order chi connectivity index (χ0) is 11.3. The summed E-state index contributed by atoms with van der Waals surface area (Å²) in [6.45, 7) is 0.625. The van der Waals surface area contributed by atoms with E-state index in [4.69, 9.17) is 16.2 Å². The van der Waals surface area contributed by atoms with Gasteiger partial charge in [0.2, 0.25) is 0 Å². The van der Waals surface area contributed by atoms with Gasteiger partial charge in [0.05, 0.1) is 7.11 Å². The molecule has 0 saturated heterocycles. The molecule has 0 aliphatic rings. The van der Waals surface area contributed by atoms with Crippen molar-refractivity contribution in [1.82, 2.24) is 0 Å². The van der Waals surface area contributed by atoms with Gasteiger partial charge in [0.15, 0.2) is 4.88 Å². The molecule has 1 aromatic rings. The van der Waals surface area contributed by atoms with Gasteiger partial charge in [-0.15, -0.1) is 36.2 Å². The highest BCUT2D eigenvalue weighted by molar-refractivity contribution is 7.12. The van der Waals surface area contributed by atoms with Crippen molar-refractivity contribution in [3.63, 3.8) is 0 Å². The first-order valence-corrected chi connectivity index (χ1v) is 5.33. The summed E-state index contributed by atoms with van der Waals surface area (Å²) in [5.41, 5.74) is 10.9. The summed E-state index contributed by atoms with van der Waals surface area (Å²) < 4.78 is 10.1. The normalized spacial score (nSPS) is 9.18. The van der Waals surface area contributed by atoms with E-state index in [1.807, 2.05) is 0 Å². The molecule has 0 radical (unpaired) electrons. The first-order valence-electron chi connectivity index (χ1n) is 4.45. The summed E-state index contributed by atoms with van der Waals surface area (Å²) in [6, 6.07) is 1.70. The largest absolute Gasteiger partial charge is 0.486 e. The van der Waals surface area contributed by atoms with Crippen molar-refractivity contribution >= 4 is 42.1 Å². The molecule has 1 rings (SSSR count). The molecule has 17 heavy (non-hydrogen) atoms. The molecule has 0 spiro atoms. The Hall–Kier alpha value is -0.530. The first kappa shape index (κ1) is 18.8. The van der Waals surface area contributed by atoms with Gasteiger partial charge in [-0.05, 0) is 11.4 Å². The number of esters is 1. The van der Waals surface area contributed by atoms with E-state index in [0.29, 0.717) is 23.7 Å². The van der Waals surface area contributed by atoms with Crippen molar-refractivity contribution in [2.24, 2.45) is 11.5 Å². The van der Waals surface area contributed by atoms with Crippen LogP contribution in [-0.4, -0.2) is 32.3 Å². The minimum atomic E-state index is -0.409. The lowest BCUT2D eigenvalue weighted by Gasteiger charge is -2.14. The topological polar surface area (TPSA) is 87.6 Å². The summed E-state index contributed by atoms with van der Waals surface area (Å²) in [7, 11) is 1.33. The minimum absolute atomic E-state index is 0.